The highest BCUT2D eigenvalue weighted by Crippen LogP contribution is 2.15. The lowest BCUT2D eigenvalue weighted by atomic mass is 9.93. The normalized spacial score (nSPS) is 14.4. The molecule has 1 aromatic carbocycles. The van der Waals surface area contributed by atoms with E-state index in [-0.39, 0.29) is 18.9 Å². The number of aliphatic hydroxyl groups excluding tert-OH is 1. The van der Waals surface area contributed by atoms with Crippen molar-refractivity contribution in [2.45, 2.75) is 45.4 Å². The second-order valence-corrected chi connectivity index (χ2v) is 5.46. The predicted octanol–water partition coefficient (Wildman–Crippen LogP) is 2.25. The molecule has 0 unspecified atom stereocenters. The van der Waals surface area contributed by atoms with Crippen LogP contribution in [0.4, 0.5) is 4.79 Å². The molecule has 0 bridgehead atoms. The molecule has 1 amide bonds. The number of ether oxygens (including phenoxy) is 2. The Morgan fingerprint density at radius 3 is 2.48 bits per heavy atom. The zero-order valence-electron chi connectivity index (χ0n) is 13.8. The summed E-state index contributed by atoms with van der Waals surface area (Å²) in [7, 11) is 1.26. The van der Waals surface area contributed by atoms with Crippen LogP contribution in [0.15, 0.2) is 30.3 Å². The molecule has 128 valence electrons. The Morgan fingerprint density at radius 1 is 1.26 bits per heavy atom. The summed E-state index contributed by atoms with van der Waals surface area (Å²) in [6, 6.07) is 8.72. The molecule has 23 heavy (non-hydrogen) atoms. The number of hydrogen-bond donors (Lipinski definition) is 2. The van der Waals surface area contributed by atoms with Crippen molar-refractivity contribution in [1.29, 1.82) is 0 Å². The van der Waals surface area contributed by atoms with Crippen LogP contribution in [0.2, 0.25) is 0 Å². The molecular weight excluding hydrogens is 298 g/mol. The third kappa shape index (κ3) is 6.69. The molecule has 0 fully saturated rings. The Hall–Kier alpha value is -2.08. The maximum Gasteiger partial charge on any atom is 0.407 e. The molecule has 1 aromatic rings. The summed E-state index contributed by atoms with van der Waals surface area (Å²) in [5, 5.41) is 12.8. The first-order valence-electron chi connectivity index (χ1n) is 7.70. The molecule has 0 heterocycles. The molecule has 2 N–H and O–H groups in total. The summed E-state index contributed by atoms with van der Waals surface area (Å²) in [4.78, 5) is 23.3. The number of hydrogen-bond acceptors (Lipinski definition) is 5. The molecule has 0 aliphatic rings. The van der Waals surface area contributed by atoms with E-state index < -0.39 is 24.2 Å². The van der Waals surface area contributed by atoms with Gasteiger partial charge in [0.1, 0.15) is 6.61 Å². The van der Waals surface area contributed by atoms with E-state index in [0.717, 1.165) is 12.0 Å². The quantitative estimate of drug-likeness (QED) is 0.717. The molecule has 3 atom stereocenters. The van der Waals surface area contributed by atoms with Crippen LogP contribution in [-0.2, 0) is 20.9 Å². The van der Waals surface area contributed by atoms with E-state index in [1.807, 2.05) is 44.2 Å². The van der Waals surface area contributed by atoms with Crippen molar-refractivity contribution in [3.05, 3.63) is 35.9 Å². The van der Waals surface area contributed by atoms with Gasteiger partial charge in [-0.05, 0) is 11.5 Å². The van der Waals surface area contributed by atoms with E-state index in [1.165, 1.54) is 7.11 Å². The number of benzene rings is 1. The lowest BCUT2D eigenvalue weighted by Gasteiger charge is -2.28. The van der Waals surface area contributed by atoms with E-state index in [0.29, 0.717) is 0 Å². The van der Waals surface area contributed by atoms with Gasteiger partial charge in [0.15, 0.2) is 0 Å². The van der Waals surface area contributed by atoms with Crippen LogP contribution in [0, 0.1) is 5.92 Å². The zero-order chi connectivity index (χ0) is 17.2. The maximum atomic E-state index is 11.9. The lowest BCUT2D eigenvalue weighted by Crippen LogP contribution is -2.48. The number of aliphatic hydroxyl groups is 1. The van der Waals surface area contributed by atoms with Crippen molar-refractivity contribution >= 4 is 12.1 Å². The Bertz CT molecular complexity index is 491. The summed E-state index contributed by atoms with van der Waals surface area (Å²) in [5.41, 5.74) is 0.873. The maximum absolute atomic E-state index is 11.9. The first kappa shape index (κ1) is 19.0. The molecule has 0 radical (unpaired) electrons. The predicted molar refractivity (Wildman–Crippen MR) is 85.6 cm³/mol. The number of rotatable bonds is 8. The summed E-state index contributed by atoms with van der Waals surface area (Å²) >= 11 is 0. The van der Waals surface area contributed by atoms with Gasteiger partial charge in [-0.15, -0.1) is 0 Å². The van der Waals surface area contributed by atoms with Crippen LogP contribution < -0.4 is 5.32 Å². The van der Waals surface area contributed by atoms with Crippen LogP contribution in [0.5, 0.6) is 0 Å². The lowest BCUT2D eigenvalue weighted by molar-refractivity contribution is -0.143. The van der Waals surface area contributed by atoms with E-state index >= 15 is 0 Å². The fraction of sp³-hybridized carbons (Fsp3) is 0.529. The van der Waals surface area contributed by atoms with Crippen LogP contribution in [-0.4, -0.2) is 36.4 Å². The minimum atomic E-state index is -1.03. The minimum absolute atomic E-state index is 0.0149. The Balaban J connectivity index is 2.58. The van der Waals surface area contributed by atoms with Gasteiger partial charge in [-0.25, -0.2) is 4.79 Å². The highest BCUT2D eigenvalue weighted by molar-refractivity contribution is 5.70. The van der Waals surface area contributed by atoms with Crippen LogP contribution in [0.25, 0.3) is 0 Å². The van der Waals surface area contributed by atoms with Crippen LogP contribution >= 0.6 is 0 Å². The van der Waals surface area contributed by atoms with Gasteiger partial charge in [0.05, 0.1) is 25.7 Å². The van der Waals surface area contributed by atoms with Crippen molar-refractivity contribution in [3.8, 4) is 0 Å². The number of carbonyl (C=O) groups excluding carboxylic acids is 2. The number of carbonyl (C=O) groups is 2. The fourth-order valence-corrected chi connectivity index (χ4v) is 2.15. The first-order valence-corrected chi connectivity index (χ1v) is 7.70. The van der Waals surface area contributed by atoms with Crippen molar-refractivity contribution < 1.29 is 24.2 Å². The van der Waals surface area contributed by atoms with Crippen LogP contribution in [0.3, 0.4) is 0 Å². The SMILES string of the molecule is CC[C@@H](C)[C@H](NC(=O)OCc1ccccc1)[C@@H](O)CC(=O)OC. The summed E-state index contributed by atoms with van der Waals surface area (Å²) in [5.74, 6) is -0.538. The van der Waals surface area contributed by atoms with Gasteiger partial charge in [0.2, 0.25) is 0 Å². The molecule has 0 aliphatic heterocycles. The Labute approximate surface area is 136 Å². The molecule has 6 nitrogen and oxygen atoms in total. The number of nitrogens with one attached hydrogen (secondary N) is 1. The smallest absolute Gasteiger partial charge is 0.407 e. The number of alkyl carbamates (subject to hydrolysis) is 1. The average Bonchev–Trinajstić information content (AvgIpc) is 2.57. The van der Waals surface area contributed by atoms with Crippen molar-refractivity contribution in [1.82, 2.24) is 5.32 Å². The van der Waals surface area contributed by atoms with Gasteiger partial charge in [0.25, 0.3) is 0 Å². The molecule has 1 rings (SSSR count). The van der Waals surface area contributed by atoms with Gasteiger partial charge in [-0.1, -0.05) is 50.6 Å². The second-order valence-electron chi connectivity index (χ2n) is 5.46. The van der Waals surface area contributed by atoms with Crippen molar-refractivity contribution in [3.63, 3.8) is 0 Å². The third-order valence-electron chi connectivity index (χ3n) is 3.77. The summed E-state index contributed by atoms with van der Waals surface area (Å²) < 4.78 is 9.71. The molecule has 0 aliphatic carbocycles. The van der Waals surface area contributed by atoms with Crippen LogP contribution in [0.1, 0.15) is 32.3 Å². The monoisotopic (exact) mass is 323 g/mol. The first-order chi connectivity index (χ1) is 11.0. The van der Waals surface area contributed by atoms with Crippen molar-refractivity contribution in [2.24, 2.45) is 5.92 Å². The summed E-state index contributed by atoms with van der Waals surface area (Å²) in [6.07, 6.45) is -1.09. The Morgan fingerprint density at radius 2 is 1.91 bits per heavy atom. The standard InChI is InChI=1S/C17H25NO5/c1-4-12(2)16(14(19)10-15(20)22-3)18-17(21)23-11-13-8-6-5-7-9-13/h5-9,12,14,16,19H,4,10-11H2,1-3H3,(H,18,21)/t12-,14+,16+/m1/s1. The zero-order valence-corrected chi connectivity index (χ0v) is 13.8. The topological polar surface area (TPSA) is 84.9 Å². The third-order valence-corrected chi connectivity index (χ3v) is 3.77. The molecule has 0 saturated heterocycles. The highest BCUT2D eigenvalue weighted by Gasteiger charge is 2.28. The Kier molecular flexibility index (Phi) is 8.11. The van der Waals surface area contributed by atoms with E-state index in [2.05, 4.69) is 10.1 Å². The number of methoxy groups -OCH3 is 1. The van der Waals surface area contributed by atoms with Gasteiger partial charge >= 0.3 is 12.1 Å². The van der Waals surface area contributed by atoms with Gasteiger partial charge in [0, 0.05) is 0 Å². The molecule has 0 aromatic heterocycles. The van der Waals surface area contributed by atoms with Gasteiger partial charge in [-0.3, -0.25) is 4.79 Å². The van der Waals surface area contributed by atoms with Gasteiger partial charge < -0.3 is 19.9 Å². The molecular formula is C17H25NO5. The van der Waals surface area contributed by atoms with E-state index in [4.69, 9.17) is 4.74 Å². The minimum Gasteiger partial charge on any atom is -0.469 e. The number of amides is 1. The second kappa shape index (κ2) is 9.84. The number of esters is 1. The van der Waals surface area contributed by atoms with E-state index in [9.17, 15) is 14.7 Å². The largest absolute Gasteiger partial charge is 0.469 e. The van der Waals surface area contributed by atoms with Crippen molar-refractivity contribution in [2.75, 3.05) is 7.11 Å². The highest BCUT2D eigenvalue weighted by atomic mass is 16.5. The molecule has 0 saturated carbocycles. The fourth-order valence-electron chi connectivity index (χ4n) is 2.15. The molecule has 0 spiro atoms. The average molecular weight is 323 g/mol. The van der Waals surface area contributed by atoms with Gasteiger partial charge in [-0.2, -0.15) is 0 Å². The van der Waals surface area contributed by atoms with E-state index in [1.54, 1.807) is 0 Å². The molecule has 6 heteroatoms. The summed E-state index contributed by atoms with van der Waals surface area (Å²) in [6.45, 7) is 3.98.